The maximum atomic E-state index is 11.9. The number of carbonyl (C=O) groups is 1. The second kappa shape index (κ2) is 7.00. The molecule has 19 heavy (non-hydrogen) atoms. The first-order chi connectivity index (χ1) is 9.31. The largest absolute Gasteiger partial charge is 0.496 e. The van der Waals surface area contributed by atoms with Crippen LogP contribution in [0, 0.1) is 0 Å². The SMILES string of the molecule is COc1ccccc1SCCC(=O)c1ccccc1. The molecule has 0 fully saturated rings. The lowest BCUT2D eigenvalue weighted by atomic mass is 10.1. The molecule has 0 unspecified atom stereocenters. The van der Waals surface area contributed by atoms with Crippen molar-refractivity contribution in [2.45, 2.75) is 11.3 Å². The highest BCUT2D eigenvalue weighted by atomic mass is 32.2. The molecule has 0 saturated carbocycles. The van der Waals surface area contributed by atoms with E-state index >= 15 is 0 Å². The molecule has 3 heteroatoms. The van der Waals surface area contributed by atoms with Gasteiger partial charge in [0.15, 0.2) is 5.78 Å². The van der Waals surface area contributed by atoms with Crippen LogP contribution in [0.25, 0.3) is 0 Å². The first kappa shape index (κ1) is 13.7. The highest BCUT2D eigenvalue weighted by Gasteiger charge is 2.07. The van der Waals surface area contributed by atoms with Gasteiger partial charge in [0.05, 0.1) is 7.11 Å². The summed E-state index contributed by atoms with van der Waals surface area (Å²) in [6, 6.07) is 17.3. The van der Waals surface area contributed by atoms with Gasteiger partial charge in [0.2, 0.25) is 0 Å². The topological polar surface area (TPSA) is 26.3 Å². The second-order valence-electron chi connectivity index (χ2n) is 4.04. The van der Waals surface area contributed by atoms with Crippen molar-refractivity contribution in [3.8, 4) is 5.75 Å². The Morgan fingerprint density at radius 1 is 1.05 bits per heavy atom. The molecule has 0 bridgehead atoms. The van der Waals surface area contributed by atoms with Gasteiger partial charge in [-0.25, -0.2) is 0 Å². The fourth-order valence-corrected chi connectivity index (χ4v) is 2.74. The van der Waals surface area contributed by atoms with Crippen LogP contribution in [0.15, 0.2) is 59.5 Å². The van der Waals surface area contributed by atoms with Crippen LogP contribution in [0.2, 0.25) is 0 Å². The lowest BCUT2D eigenvalue weighted by Gasteiger charge is -2.07. The van der Waals surface area contributed by atoms with Crippen LogP contribution in [0.4, 0.5) is 0 Å². The predicted octanol–water partition coefficient (Wildman–Crippen LogP) is 4.06. The van der Waals surface area contributed by atoms with Gasteiger partial charge in [-0.2, -0.15) is 0 Å². The monoisotopic (exact) mass is 272 g/mol. The standard InChI is InChI=1S/C16H16O2S/c1-18-15-9-5-6-10-16(15)19-12-11-14(17)13-7-3-2-4-8-13/h2-10H,11-12H2,1H3. The van der Waals surface area contributed by atoms with Crippen molar-refractivity contribution in [1.29, 1.82) is 0 Å². The van der Waals surface area contributed by atoms with Gasteiger partial charge in [0, 0.05) is 22.6 Å². The highest BCUT2D eigenvalue weighted by molar-refractivity contribution is 7.99. The molecule has 2 aromatic carbocycles. The summed E-state index contributed by atoms with van der Waals surface area (Å²) in [5.41, 5.74) is 0.781. The van der Waals surface area contributed by atoms with Crippen LogP contribution < -0.4 is 4.74 Å². The zero-order valence-corrected chi connectivity index (χ0v) is 11.7. The Hall–Kier alpha value is -1.74. The van der Waals surface area contributed by atoms with Crippen LogP contribution in [-0.4, -0.2) is 18.6 Å². The number of carbonyl (C=O) groups excluding carboxylic acids is 1. The fraction of sp³-hybridized carbons (Fsp3) is 0.188. The number of para-hydroxylation sites is 1. The van der Waals surface area contributed by atoms with E-state index in [1.165, 1.54) is 0 Å². The van der Waals surface area contributed by atoms with Crippen LogP contribution in [0.5, 0.6) is 5.75 Å². The van der Waals surface area contributed by atoms with E-state index in [-0.39, 0.29) is 5.78 Å². The quantitative estimate of drug-likeness (QED) is 0.586. The van der Waals surface area contributed by atoms with Crippen molar-refractivity contribution in [3.63, 3.8) is 0 Å². The van der Waals surface area contributed by atoms with Gasteiger partial charge in [0.1, 0.15) is 5.75 Å². The average molecular weight is 272 g/mol. The van der Waals surface area contributed by atoms with E-state index in [9.17, 15) is 4.79 Å². The van der Waals surface area contributed by atoms with E-state index in [0.717, 1.165) is 22.0 Å². The molecule has 98 valence electrons. The smallest absolute Gasteiger partial charge is 0.163 e. The van der Waals surface area contributed by atoms with Gasteiger partial charge >= 0.3 is 0 Å². The van der Waals surface area contributed by atoms with Gasteiger partial charge in [-0.05, 0) is 12.1 Å². The minimum Gasteiger partial charge on any atom is -0.496 e. The van der Waals surface area contributed by atoms with Crippen LogP contribution >= 0.6 is 11.8 Å². The first-order valence-electron chi connectivity index (χ1n) is 6.15. The number of thioether (sulfide) groups is 1. The van der Waals surface area contributed by atoms with Crippen molar-refractivity contribution in [2.75, 3.05) is 12.9 Å². The molecule has 2 aromatic rings. The summed E-state index contributed by atoms with van der Waals surface area (Å²) in [6.07, 6.45) is 0.534. The summed E-state index contributed by atoms with van der Waals surface area (Å²) in [5.74, 6) is 1.80. The Morgan fingerprint density at radius 2 is 1.74 bits per heavy atom. The summed E-state index contributed by atoms with van der Waals surface area (Å²) in [7, 11) is 1.66. The van der Waals surface area contributed by atoms with Gasteiger partial charge in [-0.1, -0.05) is 42.5 Å². The summed E-state index contributed by atoms with van der Waals surface area (Å²) in [4.78, 5) is 13.0. The molecule has 0 atom stereocenters. The molecule has 0 spiro atoms. The lowest BCUT2D eigenvalue weighted by molar-refractivity contribution is 0.0989. The fourth-order valence-electron chi connectivity index (χ4n) is 1.76. The van der Waals surface area contributed by atoms with E-state index in [4.69, 9.17) is 4.74 Å². The van der Waals surface area contributed by atoms with Crippen LogP contribution in [-0.2, 0) is 0 Å². The molecule has 0 aliphatic carbocycles. The zero-order valence-electron chi connectivity index (χ0n) is 10.8. The van der Waals surface area contributed by atoms with E-state index in [1.807, 2.05) is 54.6 Å². The number of rotatable bonds is 6. The molecule has 0 radical (unpaired) electrons. The van der Waals surface area contributed by atoms with Crippen molar-refractivity contribution < 1.29 is 9.53 Å². The Morgan fingerprint density at radius 3 is 2.47 bits per heavy atom. The number of benzene rings is 2. The number of ketones is 1. The maximum Gasteiger partial charge on any atom is 0.163 e. The molecule has 0 aromatic heterocycles. The minimum atomic E-state index is 0.183. The maximum absolute atomic E-state index is 11.9. The van der Waals surface area contributed by atoms with Crippen LogP contribution in [0.1, 0.15) is 16.8 Å². The van der Waals surface area contributed by atoms with E-state index in [2.05, 4.69) is 0 Å². The third-order valence-corrected chi connectivity index (χ3v) is 3.81. The average Bonchev–Trinajstić information content (AvgIpc) is 2.48. The normalized spacial score (nSPS) is 10.2. The van der Waals surface area contributed by atoms with Crippen LogP contribution in [0.3, 0.4) is 0 Å². The van der Waals surface area contributed by atoms with E-state index in [0.29, 0.717) is 6.42 Å². The van der Waals surface area contributed by atoms with Gasteiger partial charge < -0.3 is 4.74 Å². The van der Waals surface area contributed by atoms with Crippen molar-refractivity contribution in [1.82, 2.24) is 0 Å². The zero-order chi connectivity index (χ0) is 13.5. The number of methoxy groups -OCH3 is 1. The Bertz CT molecular complexity index is 537. The third kappa shape index (κ3) is 3.86. The molecule has 0 saturated heterocycles. The van der Waals surface area contributed by atoms with Crippen molar-refractivity contribution >= 4 is 17.5 Å². The number of hydrogen-bond donors (Lipinski definition) is 0. The second-order valence-corrected chi connectivity index (χ2v) is 5.18. The molecule has 0 N–H and O–H groups in total. The van der Waals surface area contributed by atoms with E-state index in [1.54, 1.807) is 18.9 Å². The Labute approximate surface area is 117 Å². The van der Waals surface area contributed by atoms with Gasteiger partial charge in [-0.15, -0.1) is 11.8 Å². The van der Waals surface area contributed by atoms with Gasteiger partial charge in [-0.3, -0.25) is 4.79 Å². The lowest BCUT2D eigenvalue weighted by Crippen LogP contribution is -2.00. The number of ether oxygens (including phenoxy) is 1. The molecule has 0 amide bonds. The van der Waals surface area contributed by atoms with E-state index < -0.39 is 0 Å². The molecule has 2 rings (SSSR count). The molecule has 0 aliphatic rings. The predicted molar refractivity (Wildman–Crippen MR) is 79.1 cm³/mol. The Balaban J connectivity index is 1.88. The summed E-state index contributed by atoms with van der Waals surface area (Å²) < 4.78 is 5.28. The van der Waals surface area contributed by atoms with Gasteiger partial charge in [0.25, 0.3) is 0 Å². The molecule has 2 nitrogen and oxygen atoms in total. The number of hydrogen-bond acceptors (Lipinski definition) is 3. The molecule has 0 aliphatic heterocycles. The van der Waals surface area contributed by atoms with Crippen molar-refractivity contribution in [2.24, 2.45) is 0 Å². The summed E-state index contributed by atoms with van der Waals surface area (Å²) in [6.45, 7) is 0. The molecular formula is C16H16O2S. The molecular weight excluding hydrogens is 256 g/mol. The summed E-state index contributed by atoms with van der Waals surface area (Å²) in [5, 5.41) is 0. The Kier molecular flexibility index (Phi) is 5.04. The highest BCUT2D eigenvalue weighted by Crippen LogP contribution is 2.29. The third-order valence-electron chi connectivity index (χ3n) is 2.75. The molecule has 0 heterocycles. The van der Waals surface area contributed by atoms with Crippen molar-refractivity contribution in [3.05, 3.63) is 60.2 Å². The summed E-state index contributed by atoms with van der Waals surface area (Å²) >= 11 is 1.65. The number of Topliss-reactive ketones (excluding diaryl/α,β-unsaturated/α-hetero) is 1. The first-order valence-corrected chi connectivity index (χ1v) is 7.14. The minimum absolute atomic E-state index is 0.183.